The van der Waals surface area contributed by atoms with Crippen LogP contribution < -0.4 is 4.57 Å². The lowest BCUT2D eigenvalue weighted by atomic mass is 9.98. The fourth-order valence-electron chi connectivity index (χ4n) is 4.40. The van der Waals surface area contributed by atoms with E-state index in [2.05, 4.69) is 89.5 Å². The van der Waals surface area contributed by atoms with Crippen molar-refractivity contribution < 1.29 is 31.4 Å². The van der Waals surface area contributed by atoms with Crippen LogP contribution >= 0.6 is 0 Å². The highest BCUT2D eigenvalue weighted by atomic mass is 19.5. The van der Waals surface area contributed by atoms with Crippen LogP contribution in [0, 0.1) is 0 Å². The summed E-state index contributed by atoms with van der Waals surface area (Å²) in [5.41, 5.74) is 7.58. The van der Waals surface area contributed by atoms with Crippen molar-refractivity contribution in [2.45, 2.75) is 26.4 Å². The van der Waals surface area contributed by atoms with Crippen molar-refractivity contribution in [3.05, 3.63) is 133 Å². The molecule has 0 aliphatic heterocycles. The Kier molecular flexibility index (Phi) is 9.26. The summed E-state index contributed by atoms with van der Waals surface area (Å²) < 4.78 is 46.8. The quantitative estimate of drug-likeness (QED) is 0.0911. The van der Waals surface area contributed by atoms with Crippen LogP contribution in [-0.4, -0.2) is 18.8 Å². The molecule has 1 heterocycles. The zero-order chi connectivity index (χ0) is 30.3. The van der Waals surface area contributed by atoms with E-state index in [4.69, 9.17) is 4.74 Å². The summed E-state index contributed by atoms with van der Waals surface area (Å²) in [6.45, 7) is 5.63. The molecule has 0 aliphatic carbocycles. The van der Waals surface area contributed by atoms with Crippen LogP contribution in [0.5, 0.6) is 0 Å². The average molecular weight is 571 g/mol. The molecule has 0 N–H and O–H groups in total. The van der Waals surface area contributed by atoms with Crippen molar-refractivity contribution in [2.24, 2.45) is 0 Å². The van der Waals surface area contributed by atoms with Crippen molar-refractivity contribution in [2.75, 3.05) is 0 Å². The minimum absolute atomic E-state index is 0.324. The summed E-state index contributed by atoms with van der Waals surface area (Å²) in [7, 11) is -6.00. The molecule has 5 aromatic rings. The predicted octanol–water partition coefficient (Wildman–Crippen LogP) is 9.22. The van der Waals surface area contributed by atoms with Gasteiger partial charge in [-0.3, -0.25) is 0 Å². The van der Waals surface area contributed by atoms with Crippen LogP contribution in [-0.2, 0) is 4.74 Å². The molecule has 0 amide bonds. The molecule has 5 rings (SSSR count). The minimum Gasteiger partial charge on any atom is -0.456 e. The molecule has 0 spiro atoms. The first-order valence-corrected chi connectivity index (χ1v) is 13.4. The van der Waals surface area contributed by atoms with Crippen LogP contribution in [0.4, 0.5) is 17.3 Å². The number of ether oxygens (including phenoxy) is 1. The SMILES string of the molecule is CC(C)(C)OC(=O)c1ccc(-[n+]2c(-c3ccccc3)cc(-c3ccccc3)cc2-c2ccccc2)cc1.F[B-](F)(F)F. The van der Waals surface area contributed by atoms with Crippen LogP contribution in [0.15, 0.2) is 127 Å². The Labute approximate surface area is 243 Å². The van der Waals surface area contributed by atoms with E-state index in [0.717, 1.165) is 39.3 Å². The van der Waals surface area contributed by atoms with Crippen molar-refractivity contribution >= 4 is 13.2 Å². The monoisotopic (exact) mass is 571 g/mol. The van der Waals surface area contributed by atoms with E-state index in [1.165, 1.54) is 0 Å². The Morgan fingerprint density at radius 2 is 0.976 bits per heavy atom. The van der Waals surface area contributed by atoms with Crippen LogP contribution in [0.1, 0.15) is 31.1 Å². The number of hydrogen-bond acceptors (Lipinski definition) is 2. The van der Waals surface area contributed by atoms with Gasteiger partial charge in [0, 0.05) is 35.4 Å². The normalized spacial score (nSPS) is 11.3. The first-order chi connectivity index (χ1) is 19.9. The number of esters is 1. The van der Waals surface area contributed by atoms with E-state index in [1.807, 2.05) is 63.2 Å². The van der Waals surface area contributed by atoms with Gasteiger partial charge in [-0.25, -0.2) is 4.79 Å². The number of benzene rings is 4. The molecule has 4 aromatic carbocycles. The molecule has 214 valence electrons. The van der Waals surface area contributed by atoms with Gasteiger partial charge in [0.25, 0.3) is 0 Å². The molecule has 0 saturated carbocycles. The molecule has 0 aliphatic rings. The highest BCUT2D eigenvalue weighted by Gasteiger charge is 2.26. The number of nitrogens with zero attached hydrogens (tertiary/aromatic N) is 1. The predicted molar refractivity (Wildman–Crippen MR) is 160 cm³/mol. The van der Waals surface area contributed by atoms with Gasteiger partial charge in [0.15, 0.2) is 0 Å². The fourth-order valence-corrected chi connectivity index (χ4v) is 4.40. The first kappa shape index (κ1) is 30.2. The van der Waals surface area contributed by atoms with Gasteiger partial charge < -0.3 is 22.0 Å². The Hall–Kier alpha value is -4.72. The Bertz CT molecular complexity index is 1550. The lowest BCUT2D eigenvalue weighted by Gasteiger charge is -2.19. The molecule has 0 saturated heterocycles. The Morgan fingerprint density at radius 3 is 1.36 bits per heavy atom. The molecule has 0 atom stereocenters. The van der Waals surface area contributed by atoms with Gasteiger partial charge in [-0.05, 0) is 68.3 Å². The van der Waals surface area contributed by atoms with Crippen LogP contribution in [0.2, 0.25) is 0 Å². The smallest absolute Gasteiger partial charge is 0.456 e. The van der Waals surface area contributed by atoms with E-state index in [-0.39, 0.29) is 5.97 Å². The molecule has 0 radical (unpaired) electrons. The zero-order valence-corrected chi connectivity index (χ0v) is 23.5. The summed E-state index contributed by atoms with van der Waals surface area (Å²) in [5, 5.41) is 0. The third kappa shape index (κ3) is 8.40. The highest BCUT2D eigenvalue weighted by Crippen LogP contribution is 2.30. The van der Waals surface area contributed by atoms with Gasteiger partial charge >= 0.3 is 13.2 Å². The maximum Gasteiger partial charge on any atom is 0.673 e. The molecule has 0 unspecified atom stereocenters. The average Bonchev–Trinajstić information content (AvgIpc) is 2.96. The molecule has 8 heteroatoms. The van der Waals surface area contributed by atoms with Crippen molar-refractivity contribution in [1.29, 1.82) is 0 Å². The standard InChI is InChI=1S/C34H30NO2.BF4/c1-34(2,3)37-33(36)28-19-21-30(22-20-28)35-31(26-15-9-5-10-16-26)23-29(25-13-7-4-8-14-25)24-32(35)27-17-11-6-12-18-27;2-1(3,4)5/h4-24H,1-3H3;/q+1;-1. The summed E-state index contributed by atoms with van der Waals surface area (Å²) in [4.78, 5) is 12.7. The number of hydrogen-bond donors (Lipinski definition) is 0. The second kappa shape index (κ2) is 12.9. The topological polar surface area (TPSA) is 30.2 Å². The van der Waals surface area contributed by atoms with Gasteiger partial charge in [-0.1, -0.05) is 66.7 Å². The lowest BCUT2D eigenvalue weighted by molar-refractivity contribution is -0.572. The van der Waals surface area contributed by atoms with Gasteiger partial charge in [-0.15, -0.1) is 0 Å². The highest BCUT2D eigenvalue weighted by molar-refractivity contribution is 6.50. The summed E-state index contributed by atoms with van der Waals surface area (Å²) in [6, 6.07) is 43.4. The molecule has 0 bridgehead atoms. The van der Waals surface area contributed by atoms with E-state index >= 15 is 0 Å². The zero-order valence-electron chi connectivity index (χ0n) is 23.5. The molecular formula is C34H30BF4NO2. The summed E-state index contributed by atoms with van der Waals surface area (Å²) in [6.07, 6.45) is 0. The molecular weight excluding hydrogens is 541 g/mol. The van der Waals surface area contributed by atoms with E-state index < -0.39 is 12.9 Å². The van der Waals surface area contributed by atoms with Crippen LogP contribution in [0.3, 0.4) is 0 Å². The molecule has 1 aromatic heterocycles. The third-order valence-electron chi connectivity index (χ3n) is 6.07. The summed E-state index contributed by atoms with van der Waals surface area (Å²) in [5.74, 6) is -0.324. The second-order valence-corrected chi connectivity index (χ2v) is 10.5. The molecule has 42 heavy (non-hydrogen) atoms. The number of halogens is 4. The molecule has 3 nitrogen and oxygen atoms in total. The Balaban J connectivity index is 0.000000748. The van der Waals surface area contributed by atoms with E-state index in [0.29, 0.717) is 5.56 Å². The van der Waals surface area contributed by atoms with Crippen molar-refractivity contribution in [3.63, 3.8) is 0 Å². The van der Waals surface area contributed by atoms with Crippen molar-refractivity contribution in [3.8, 4) is 39.3 Å². The van der Waals surface area contributed by atoms with Gasteiger partial charge in [0.2, 0.25) is 17.1 Å². The lowest BCUT2D eigenvalue weighted by Crippen LogP contribution is -2.36. The Morgan fingerprint density at radius 1 is 0.595 bits per heavy atom. The largest absolute Gasteiger partial charge is 0.673 e. The maximum absolute atomic E-state index is 12.7. The fraction of sp³-hybridized carbons (Fsp3) is 0.118. The van der Waals surface area contributed by atoms with Gasteiger partial charge in [-0.2, -0.15) is 4.57 Å². The van der Waals surface area contributed by atoms with Gasteiger partial charge in [0.05, 0.1) is 5.56 Å². The third-order valence-corrected chi connectivity index (χ3v) is 6.07. The van der Waals surface area contributed by atoms with E-state index in [1.54, 1.807) is 0 Å². The summed E-state index contributed by atoms with van der Waals surface area (Å²) >= 11 is 0. The second-order valence-electron chi connectivity index (χ2n) is 10.5. The number of carbonyl (C=O) groups excluding carboxylic acids is 1. The number of carbonyl (C=O) groups is 1. The maximum atomic E-state index is 12.7. The van der Waals surface area contributed by atoms with E-state index in [9.17, 15) is 22.1 Å². The number of rotatable bonds is 5. The van der Waals surface area contributed by atoms with Gasteiger partial charge in [0.1, 0.15) is 5.60 Å². The minimum atomic E-state index is -6.00. The van der Waals surface area contributed by atoms with Crippen LogP contribution in [0.25, 0.3) is 39.3 Å². The van der Waals surface area contributed by atoms with Crippen molar-refractivity contribution in [1.82, 2.24) is 0 Å². The first-order valence-electron chi connectivity index (χ1n) is 13.4. The number of pyridine rings is 1. The number of aromatic nitrogens is 1. The molecule has 0 fully saturated rings.